The number of benzene rings is 2. The van der Waals surface area contributed by atoms with Gasteiger partial charge >= 0.3 is 0 Å². The van der Waals surface area contributed by atoms with E-state index < -0.39 is 10.8 Å². The number of nitrogens with zero attached hydrogens (tertiary/aromatic N) is 4. The van der Waals surface area contributed by atoms with E-state index in [0.717, 1.165) is 17.3 Å². The molecule has 28 heavy (non-hydrogen) atoms. The van der Waals surface area contributed by atoms with E-state index in [9.17, 15) is 14.9 Å². The van der Waals surface area contributed by atoms with Crippen molar-refractivity contribution >= 4 is 46.0 Å². The Morgan fingerprint density at radius 2 is 2.00 bits per heavy atom. The number of halogens is 1. The molecule has 0 saturated heterocycles. The summed E-state index contributed by atoms with van der Waals surface area (Å²) in [6, 6.07) is 11.4. The Balaban J connectivity index is 1.50. The fourth-order valence-electron chi connectivity index (χ4n) is 2.56. The number of fused-ring (bicyclic) bond motifs is 1. The highest BCUT2D eigenvalue weighted by Crippen LogP contribution is 2.26. The van der Waals surface area contributed by atoms with Gasteiger partial charge in [-0.25, -0.2) is 0 Å². The smallest absolute Gasteiger partial charge is 0.299 e. The second-order valence-electron chi connectivity index (χ2n) is 5.76. The molecule has 4 aromatic rings. The number of rotatable bonds is 5. The molecule has 2 heterocycles. The van der Waals surface area contributed by atoms with Crippen molar-refractivity contribution in [2.75, 3.05) is 0 Å². The second kappa shape index (κ2) is 7.33. The topological polar surface area (TPSA) is 124 Å². The summed E-state index contributed by atoms with van der Waals surface area (Å²) in [6.07, 6.45) is 0. The highest BCUT2D eigenvalue weighted by molar-refractivity contribution is 7.00. The first-order valence-electron chi connectivity index (χ1n) is 7.92. The van der Waals surface area contributed by atoms with Crippen molar-refractivity contribution in [1.29, 1.82) is 0 Å². The van der Waals surface area contributed by atoms with Crippen molar-refractivity contribution in [1.82, 2.24) is 19.2 Å². The number of nitro benzene ring substituents is 1. The Kier molecular flexibility index (Phi) is 4.72. The number of aromatic nitrogens is 3. The molecule has 0 aliphatic rings. The molecular formula is C17H10ClN5O4S. The molecule has 4 rings (SSSR count). The van der Waals surface area contributed by atoms with Crippen LogP contribution in [0.1, 0.15) is 16.1 Å². The van der Waals surface area contributed by atoms with Gasteiger partial charge in [0.1, 0.15) is 11.2 Å². The Hall–Kier alpha value is -3.37. The first-order valence-corrected chi connectivity index (χ1v) is 9.02. The third kappa shape index (κ3) is 3.55. The third-order valence-corrected chi connectivity index (χ3v) is 4.71. The van der Waals surface area contributed by atoms with Crippen molar-refractivity contribution < 1.29 is 14.2 Å². The molecule has 2 aromatic heterocycles. The molecule has 0 aliphatic carbocycles. The molecule has 0 atom stereocenters. The molecule has 11 heteroatoms. The molecular weight excluding hydrogens is 406 g/mol. The van der Waals surface area contributed by atoms with Gasteiger partial charge in [0, 0.05) is 28.3 Å². The van der Waals surface area contributed by atoms with Gasteiger partial charge in [-0.1, -0.05) is 16.8 Å². The molecule has 0 radical (unpaired) electrons. The number of carbonyl (C=O) groups is 1. The minimum Gasteiger partial charge on any atom is -0.356 e. The fourth-order valence-corrected chi connectivity index (χ4v) is 3.22. The fraction of sp³-hybridized carbons (Fsp3) is 0.0588. The maximum absolute atomic E-state index is 12.4. The second-order valence-corrected chi connectivity index (χ2v) is 6.72. The monoisotopic (exact) mass is 415 g/mol. The van der Waals surface area contributed by atoms with Crippen LogP contribution in [0, 0.1) is 10.1 Å². The number of hydrogen-bond donors (Lipinski definition) is 1. The minimum atomic E-state index is -0.587. The van der Waals surface area contributed by atoms with Crippen LogP contribution in [-0.2, 0) is 6.54 Å². The zero-order valence-corrected chi connectivity index (χ0v) is 15.5. The Bertz CT molecular complexity index is 1190. The Morgan fingerprint density at radius 3 is 2.75 bits per heavy atom. The van der Waals surface area contributed by atoms with E-state index in [1.807, 2.05) is 0 Å². The molecule has 140 valence electrons. The van der Waals surface area contributed by atoms with Crippen molar-refractivity contribution in [2.45, 2.75) is 6.54 Å². The van der Waals surface area contributed by atoms with Crippen molar-refractivity contribution in [3.05, 3.63) is 68.9 Å². The van der Waals surface area contributed by atoms with Crippen LogP contribution in [0.3, 0.4) is 0 Å². The summed E-state index contributed by atoms with van der Waals surface area (Å²) in [5.74, 6) is 0.0422. The van der Waals surface area contributed by atoms with E-state index in [0.29, 0.717) is 22.0 Å². The molecule has 0 unspecified atom stereocenters. The largest absolute Gasteiger partial charge is 0.356 e. The van der Waals surface area contributed by atoms with Crippen LogP contribution >= 0.6 is 23.3 Å². The van der Waals surface area contributed by atoms with Gasteiger partial charge < -0.3 is 9.84 Å². The van der Waals surface area contributed by atoms with Gasteiger partial charge in [-0.15, -0.1) is 0 Å². The van der Waals surface area contributed by atoms with E-state index in [4.69, 9.17) is 16.1 Å². The maximum Gasteiger partial charge on any atom is 0.299 e. The summed E-state index contributed by atoms with van der Waals surface area (Å²) in [5, 5.41) is 18.4. The van der Waals surface area contributed by atoms with Gasteiger partial charge in [0.25, 0.3) is 11.6 Å². The van der Waals surface area contributed by atoms with Crippen LogP contribution in [0.15, 0.2) is 47.0 Å². The van der Waals surface area contributed by atoms with E-state index >= 15 is 0 Å². The predicted molar refractivity (Wildman–Crippen MR) is 102 cm³/mol. The highest BCUT2D eigenvalue weighted by atomic mass is 35.5. The van der Waals surface area contributed by atoms with Crippen LogP contribution in [0.5, 0.6) is 0 Å². The normalized spacial score (nSPS) is 10.9. The number of amides is 1. The first kappa shape index (κ1) is 18.0. The van der Waals surface area contributed by atoms with Crippen molar-refractivity contribution in [3.8, 4) is 11.3 Å². The molecule has 2 aromatic carbocycles. The lowest BCUT2D eigenvalue weighted by Crippen LogP contribution is -2.23. The predicted octanol–water partition coefficient (Wildman–Crippen LogP) is 3.84. The number of carbonyl (C=O) groups excluding carboxylic acids is 1. The van der Waals surface area contributed by atoms with Crippen molar-refractivity contribution in [3.63, 3.8) is 0 Å². The van der Waals surface area contributed by atoms with Crippen LogP contribution in [-0.4, -0.2) is 24.7 Å². The van der Waals surface area contributed by atoms with Crippen LogP contribution in [0.25, 0.3) is 22.4 Å². The van der Waals surface area contributed by atoms with Gasteiger partial charge in [0.05, 0.1) is 23.2 Å². The van der Waals surface area contributed by atoms with Gasteiger partial charge in [-0.05, 0) is 30.3 Å². The average Bonchev–Trinajstić information content (AvgIpc) is 3.35. The summed E-state index contributed by atoms with van der Waals surface area (Å²) in [7, 11) is 0. The van der Waals surface area contributed by atoms with E-state index in [1.54, 1.807) is 30.3 Å². The average molecular weight is 416 g/mol. The molecule has 0 fully saturated rings. The number of hydrogen-bond acceptors (Lipinski definition) is 8. The van der Waals surface area contributed by atoms with E-state index in [-0.39, 0.29) is 23.3 Å². The van der Waals surface area contributed by atoms with Crippen molar-refractivity contribution in [2.24, 2.45) is 0 Å². The first-order chi connectivity index (χ1) is 13.5. The summed E-state index contributed by atoms with van der Waals surface area (Å²) in [5.41, 5.74) is 1.62. The summed E-state index contributed by atoms with van der Waals surface area (Å²) in [6.45, 7) is 0.0943. The lowest BCUT2D eigenvalue weighted by atomic mass is 10.1. The summed E-state index contributed by atoms with van der Waals surface area (Å²) in [4.78, 5) is 23.0. The number of nitrogens with one attached hydrogen (secondary N) is 1. The maximum atomic E-state index is 12.4. The van der Waals surface area contributed by atoms with Gasteiger partial charge in [0.15, 0.2) is 11.3 Å². The molecule has 1 amide bonds. The minimum absolute atomic E-state index is 0.0943. The summed E-state index contributed by atoms with van der Waals surface area (Å²) < 4.78 is 13.1. The van der Waals surface area contributed by atoms with E-state index in [2.05, 4.69) is 19.2 Å². The van der Waals surface area contributed by atoms with E-state index in [1.165, 1.54) is 12.1 Å². The summed E-state index contributed by atoms with van der Waals surface area (Å²) >= 11 is 6.71. The molecule has 0 spiro atoms. The lowest BCUT2D eigenvalue weighted by molar-refractivity contribution is -0.383. The van der Waals surface area contributed by atoms with Crippen LogP contribution in [0.4, 0.5) is 5.69 Å². The van der Waals surface area contributed by atoms with Crippen LogP contribution in [0.2, 0.25) is 5.02 Å². The standard InChI is InChI=1S/C17H10ClN5O4S/c18-11-3-1-9(2-4-11)15-7-12(20-27-15)8-19-17(24)10-5-13-16(22-28-21-13)14(6-10)23(25)26/h1-7H,8H2,(H,19,24). The zero-order chi connectivity index (χ0) is 19.7. The number of non-ortho nitro benzene ring substituents is 1. The van der Waals surface area contributed by atoms with Crippen LogP contribution < -0.4 is 5.32 Å². The Morgan fingerprint density at radius 1 is 1.21 bits per heavy atom. The van der Waals surface area contributed by atoms with Gasteiger partial charge in [-0.2, -0.15) is 8.75 Å². The lowest BCUT2D eigenvalue weighted by Gasteiger charge is -2.03. The molecule has 9 nitrogen and oxygen atoms in total. The quantitative estimate of drug-likeness (QED) is 0.387. The third-order valence-electron chi connectivity index (χ3n) is 3.92. The SMILES string of the molecule is O=C(NCc1cc(-c2ccc(Cl)cc2)on1)c1cc([N+](=O)[O-])c2nsnc2c1. The number of nitro groups is 1. The molecule has 0 saturated carbocycles. The molecule has 0 bridgehead atoms. The Labute approximate surface area is 166 Å². The zero-order valence-electron chi connectivity index (χ0n) is 14.0. The van der Waals surface area contributed by atoms with Gasteiger partial charge in [-0.3, -0.25) is 14.9 Å². The molecule has 0 aliphatic heterocycles. The highest BCUT2D eigenvalue weighted by Gasteiger charge is 2.20. The van der Waals surface area contributed by atoms with Gasteiger partial charge in [0.2, 0.25) is 0 Å². The molecule has 1 N–H and O–H groups in total.